The monoisotopic (exact) mass is 838 g/mol. The Labute approximate surface area is 336 Å². The Kier molecular flexibility index (Phi) is 23.0. The molecule has 0 saturated heterocycles. The lowest BCUT2D eigenvalue weighted by atomic mass is 10.2. The highest BCUT2D eigenvalue weighted by Crippen LogP contribution is 2.40. The minimum Gasteiger partial charge on any atom is -1.00 e. The minimum absolute atomic E-state index is 0. The number of hydrogen-bond donors (Lipinski definition) is 2. The number of rotatable bonds is 23. The average Bonchev–Trinajstić information content (AvgIpc) is 3.10. The van der Waals surface area contributed by atoms with Crippen molar-refractivity contribution >= 4 is 56.7 Å². The molecule has 0 bridgehead atoms. The Morgan fingerprint density at radius 1 is 0.648 bits per heavy atom. The molecule has 0 amide bonds. The smallest absolute Gasteiger partial charge is 0.345 e. The standard InChI is InChI=1S/C34H50N6O10S2.2ClH/c1-39(2,17-7-11-31(35)47-5)19-9-21-49-33(41)27-23-25(13-15-29(27)37(43)44)51-52-26-14-16-30(38(45)46)28(24-26)34(42)50-22-10-20-40(3,4)18-8-12-32(36)48-6;;/h13-16,23-24,35-36H,7-12,17-22H2,1-6H3;2*1H/q+2;;. The topological polar surface area (TPSA) is 209 Å². The first-order valence-corrected chi connectivity index (χ1v) is 18.8. The minimum atomic E-state index is -0.816. The highest BCUT2D eigenvalue weighted by molar-refractivity contribution is 8.76. The van der Waals surface area contributed by atoms with E-state index < -0.39 is 21.8 Å². The summed E-state index contributed by atoms with van der Waals surface area (Å²) in [5, 5.41) is 34.9. The SMILES string of the molecule is COC(=[NH2+])CCC[N+](C)(C)CCCOC(=O)c1cc(SSc2ccc([N+](=O)[O-])c(C(=O)OCCC[N+](C)(C)CCCC(=[NH2+])OC)c2)ccc1[N+](=O)[O-].[Cl-].[Cl-]. The molecular formula is C34H52Cl2N6O10S2+2. The van der Waals surface area contributed by atoms with Gasteiger partial charge in [0.2, 0.25) is 0 Å². The van der Waals surface area contributed by atoms with Crippen molar-refractivity contribution in [2.75, 3.05) is 81.8 Å². The van der Waals surface area contributed by atoms with Crippen LogP contribution in [0.5, 0.6) is 0 Å². The molecule has 0 aromatic heterocycles. The van der Waals surface area contributed by atoms with Crippen LogP contribution in [0, 0.1) is 20.2 Å². The Morgan fingerprint density at radius 3 is 1.30 bits per heavy atom. The highest BCUT2D eigenvalue weighted by atomic mass is 35.5. The third kappa shape index (κ3) is 18.1. The summed E-state index contributed by atoms with van der Waals surface area (Å²) in [7, 11) is 13.6. The Balaban J connectivity index is 0.0000140. The second-order valence-corrected chi connectivity index (χ2v) is 15.6. The first-order chi connectivity index (χ1) is 24.5. The predicted molar refractivity (Wildman–Crippen MR) is 198 cm³/mol. The summed E-state index contributed by atoms with van der Waals surface area (Å²) in [6.45, 7) is 3.25. The van der Waals surface area contributed by atoms with Crippen LogP contribution >= 0.6 is 21.6 Å². The van der Waals surface area contributed by atoms with Gasteiger partial charge in [0.25, 0.3) is 11.4 Å². The molecule has 0 heterocycles. The van der Waals surface area contributed by atoms with E-state index in [4.69, 9.17) is 29.8 Å². The van der Waals surface area contributed by atoms with E-state index >= 15 is 0 Å². The van der Waals surface area contributed by atoms with E-state index in [2.05, 4.69) is 28.2 Å². The molecule has 2 rings (SSSR count). The lowest BCUT2D eigenvalue weighted by Gasteiger charge is -2.29. The van der Waals surface area contributed by atoms with Gasteiger partial charge in [-0.05, 0) is 24.3 Å². The number of hydrogen-bond acceptors (Lipinski definition) is 12. The van der Waals surface area contributed by atoms with Crippen LogP contribution in [0.2, 0.25) is 0 Å². The van der Waals surface area contributed by atoms with E-state index in [0.717, 1.165) is 47.5 Å². The third-order valence-electron chi connectivity index (χ3n) is 8.18. The normalized spacial score (nSPS) is 11.0. The molecule has 16 nitrogen and oxygen atoms in total. The van der Waals surface area contributed by atoms with Crippen LogP contribution in [0.25, 0.3) is 0 Å². The molecule has 4 N–H and O–H groups in total. The van der Waals surface area contributed by atoms with Crippen LogP contribution in [0.4, 0.5) is 11.4 Å². The van der Waals surface area contributed by atoms with E-state index in [1.165, 1.54) is 50.6 Å². The van der Waals surface area contributed by atoms with Crippen molar-refractivity contribution in [3.63, 3.8) is 0 Å². The molecule has 2 aromatic rings. The fourth-order valence-corrected chi connectivity index (χ4v) is 7.11. The summed E-state index contributed by atoms with van der Waals surface area (Å²) in [5.41, 5.74) is -1.16. The van der Waals surface area contributed by atoms with Crippen molar-refractivity contribution in [1.29, 1.82) is 0 Å². The maximum absolute atomic E-state index is 13.0. The van der Waals surface area contributed by atoms with Gasteiger partial charge in [-0.1, -0.05) is 21.6 Å². The van der Waals surface area contributed by atoms with Gasteiger partial charge in [-0.25, -0.2) is 20.4 Å². The van der Waals surface area contributed by atoms with Crippen molar-refractivity contribution < 1.29 is 83.0 Å². The van der Waals surface area contributed by atoms with Gasteiger partial charge in [0, 0.05) is 47.6 Å². The number of nitrogens with two attached hydrogens (primary N) is 2. The lowest BCUT2D eigenvalue weighted by molar-refractivity contribution is -0.890. The second-order valence-electron chi connectivity index (χ2n) is 13.3. The predicted octanol–water partition coefficient (Wildman–Crippen LogP) is -3.27. The zero-order valence-electron chi connectivity index (χ0n) is 31.5. The molecule has 0 aliphatic rings. The first-order valence-electron chi connectivity index (χ1n) is 16.7. The molecule has 0 aliphatic carbocycles. The highest BCUT2D eigenvalue weighted by Gasteiger charge is 2.25. The number of ether oxygens (including phenoxy) is 4. The average molecular weight is 840 g/mol. The molecule has 2 aromatic carbocycles. The summed E-state index contributed by atoms with van der Waals surface area (Å²) < 4.78 is 22.2. The van der Waals surface area contributed by atoms with Crippen LogP contribution in [-0.2, 0) is 18.9 Å². The van der Waals surface area contributed by atoms with Gasteiger partial charge in [-0.3, -0.25) is 20.2 Å². The largest absolute Gasteiger partial charge is 1.00 e. The number of nitrogens with zero attached hydrogens (tertiary/aromatic N) is 4. The van der Waals surface area contributed by atoms with Crippen LogP contribution in [0.3, 0.4) is 0 Å². The van der Waals surface area contributed by atoms with Crippen molar-refractivity contribution in [2.24, 2.45) is 0 Å². The number of benzene rings is 2. The van der Waals surface area contributed by atoms with E-state index in [-0.39, 0.29) is 60.5 Å². The molecule has 0 atom stereocenters. The molecule has 0 radical (unpaired) electrons. The number of carbonyl (C=O) groups excluding carboxylic acids is 2. The number of carbonyl (C=O) groups is 2. The quantitative estimate of drug-likeness (QED) is 0.0165. The van der Waals surface area contributed by atoms with Crippen molar-refractivity contribution in [1.82, 2.24) is 0 Å². The molecule has 0 spiro atoms. The van der Waals surface area contributed by atoms with Gasteiger partial charge in [-0.2, -0.15) is 0 Å². The van der Waals surface area contributed by atoms with Gasteiger partial charge in [0.05, 0.1) is 104 Å². The van der Waals surface area contributed by atoms with Gasteiger partial charge in [-0.15, -0.1) is 0 Å². The van der Waals surface area contributed by atoms with Crippen LogP contribution in [0.1, 0.15) is 59.2 Å². The molecule has 0 saturated carbocycles. The number of quaternary nitrogens is 2. The van der Waals surface area contributed by atoms with E-state index in [9.17, 15) is 29.8 Å². The fourth-order valence-electron chi connectivity index (χ4n) is 5.14. The molecule has 0 unspecified atom stereocenters. The first kappa shape index (κ1) is 50.3. The van der Waals surface area contributed by atoms with Gasteiger partial charge in [0.15, 0.2) is 0 Å². The Morgan fingerprint density at radius 2 is 0.981 bits per heavy atom. The molecule has 0 fully saturated rings. The number of esters is 2. The number of halogens is 2. The maximum atomic E-state index is 13.0. The maximum Gasteiger partial charge on any atom is 0.345 e. The summed E-state index contributed by atoms with van der Waals surface area (Å²) in [6.07, 6.45) is 4.05. The van der Waals surface area contributed by atoms with Crippen molar-refractivity contribution in [2.45, 2.75) is 48.3 Å². The van der Waals surface area contributed by atoms with E-state index in [1.54, 1.807) is 0 Å². The fraction of sp³-hybridized carbons (Fsp3) is 0.529. The summed E-state index contributed by atoms with van der Waals surface area (Å²) in [4.78, 5) is 49.0. The van der Waals surface area contributed by atoms with E-state index in [1.807, 2.05) is 0 Å². The van der Waals surface area contributed by atoms with Crippen LogP contribution < -0.4 is 35.6 Å². The number of nitro benzene ring substituents is 2. The van der Waals surface area contributed by atoms with Crippen LogP contribution in [0.15, 0.2) is 46.2 Å². The number of nitro groups is 2. The van der Waals surface area contributed by atoms with Gasteiger partial charge in [0.1, 0.15) is 11.1 Å². The molecular weight excluding hydrogens is 787 g/mol. The van der Waals surface area contributed by atoms with Gasteiger partial charge < -0.3 is 52.7 Å². The zero-order chi connectivity index (χ0) is 38.9. The molecule has 0 aliphatic heterocycles. The zero-order valence-corrected chi connectivity index (χ0v) is 34.7. The number of methoxy groups -OCH3 is 2. The third-order valence-corrected chi connectivity index (χ3v) is 10.6. The van der Waals surface area contributed by atoms with Crippen molar-refractivity contribution in [3.8, 4) is 0 Å². The molecule has 54 heavy (non-hydrogen) atoms. The summed E-state index contributed by atoms with van der Waals surface area (Å²) >= 11 is 0. The lowest BCUT2D eigenvalue weighted by Crippen LogP contribution is -3.00. The molecule has 20 heteroatoms. The Bertz CT molecular complexity index is 1480. The second kappa shape index (κ2) is 24.7. The van der Waals surface area contributed by atoms with Crippen LogP contribution in [-0.4, -0.2) is 124 Å². The summed E-state index contributed by atoms with van der Waals surface area (Å²) in [6, 6.07) is 8.19. The summed E-state index contributed by atoms with van der Waals surface area (Å²) in [5.74, 6) is -0.680. The van der Waals surface area contributed by atoms with Crippen molar-refractivity contribution in [3.05, 3.63) is 67.8 Å². The Hall–Kier alpha value is -3.68. The molecule has 302 valence electrons. The van der Waals surface area contributed by atoms with E-state index in [0.29, 0.717) is 69.3 Å². The van der Waals surface area contributed by atoms with Gasteiger partial charge >= 0.3 is 23.7 Å².